The number of hydrogen-bond donors (Lipinski definition) is 2. The second kappa shape index (κ2) is 9.67. The molecule has 4 rings (SSSR count). The van der Waals surface area contributed by atoms with E-state index < -0.39 is 15.9 Å². The van der Waals surface area contributed by atoms with Crippen molar-refractivity contribution in [3.63, 3.8) is 0 Å². The number of sulfonamides is 1. The van der Waals surface area contributed by atoms with Crippen LogP contribution in [0.4, 0.5) is 0 Å². The molecule has 0 unspecified atom stereocenters. The van der Waals surface area contributed by atoms with Gasteiger partial charge in [0.15, 0.2) is 5.76 Å². The van der Waals surface area contributed by atoms with E-state index in [0.717, 1.165) is 5.56 Å². The number of H-pyrrole nitrogens is 1. The number of rotatable bonds is 8. The van der Waals surface area contributed by atoms with Crippen LogP contribution >= 0.6 is 0 Å². The highest BCUT2D eigenvalue weighted by Gasteiger charge is 2.35. The number of ether oxygens (including phenoxy) is 2. The molecule has 1 aliphatic heterocycles. The normalized spacial score (nSPS) is 17.0. The number of carbonyl (C=O) groups excluding carboxylic acids is 1. The van der Waals surface area contributed by atoms with Gasteiger partial charge in [0, 0.05) is 37.5 Å². The molecule has 1 aliphatic rings. The van der Waals surface area contributed by atoms with Crippen molar-refractivity contribution in [2.24, 2.45) is 5.92 Å². The first-order valence-corrected chi connectivity index (χ1v) is 11.9. The summed E-state index contributed by atoms with van der Waals surface area (Å²) in [4.78, 5) is 12.8. The number of aromatic nitrogens is 2. The largest absolute Gasteiger partial charge is 0.497 e. The molecule has 2 N–H and O–H groups in total. The summed E-state index contributed by atoms with van der Waals surface area (Å²) in [6.45, 7) is 0.688. The number of benzene rings is 1. The van der Waals surface area contributed by atoms with E-state index in [9.17, 15) is 13.2 Å². The van der Waals surface area contributed by atoms with Crippen molar-refractivity contribution in [2.45, 2.75) is 24.5 Å². The number of hydrogen-bond acceptors (Lipinski definition) is 7. The maximum atomic E-state index is 13.1. The zero-order valence-electron chi connectivity index (χ0n) is 18.4. The molecule has 0 aliphatic carbocycles. The van der Waals surface area contributed by atoms with Crippen LogP contribution in [0.1, 0.15) is 18.4 Å². The van der Waals surface area contributed by atoms with E-state index in [1.54, 1.807) is 44.7 Å². The summed E-state index contributed by atoms with van der Waals surface area (Å²) in [5.41, 5.74) is 1.38. The average molecular weight is 475 g/mol. The fraction of sp³-hybridized carbons (Fsp3) is 0.364. The Bertz CT molecular complexity index is 1210. The molecular formula is C22H26N4O6S. The standard InChI is InChI=1S/C22H26N4O6S/c1-30-17-6-5-15(20(12-17)31-2)13-23-22(27)16-4-3-11-26(14-16)33(28,29)21-8-7-19(32-21)18-9-10-24-25-18/h5-10,12,16H,3-4,11,13-14H2,1-2H3,(H,23,27)(H,24,25)/t16-/m1/s1. The maximum Gasteiger partial charge on any atom is 0.276 e. The minimum Gasteiger partial charge on any atom is -0.497 e. The lowest BCUT2D eigenvalue weighted by Crippen LogP contribution is -2.45. The van der Waals surface area contributed by atoms with Crippen molar-refractivity contribution in [3.8, 4) is 23.0 Å². The third-order valence-electron chi connectivity index (χ3n) is 5.64. The Kier molecular flexibility index (Phi) is 6.70. The summed E-state index contributed by atoms with van der Waals surface area (Å²) in [6.07, 6.45) is 2.74. The first kappa shape index (κ1) is 22.9. The minimum atomic E-state index is -3.87. The number of carbonyl (C=O) groups is 1. The highest BCUT2D eigenvalue weighted by molar-refractivity contribution is 7.89. The van der Waals surface area contributed by atoms with Crippen LogP contribution in [0.15, 0.2) is 52.1 Å². The number of amides is 1. The molecule has 1 fully saturated rings. The molecule has 2 aromatic heterocycles. The van der Waals surface area contributed by atoms with Gasteiger partial charge in [-0.15, -0.1) is 0 Å². The molecule has 176 valence electrons. The molecule has 0 radical (unpaired) electrons. The fourth-order valence-electron chi connectivity index (χ4n) is 3.82. The van der Waals surface area contributed by atoms with Gasteiger partial charge < -0.3 is 19.2 Å². The van der Waals surface area contributed by atoms with E-state index in [4.69, 9.17) is 13.9 Å². The molecular weight excluding hydrogens is 448 g/mol. The van der Waals surface area contributed by atoms with Gasteiger partial charge in [-0.3, -0.25) is 9.89 Å². The van der Waals surface area contributed by atoms with E-state index in [0.29, 0.717) is 42.3 Å². The zero-order valence-corrected chi connectivity index (χ0v) is 19.2. The molecule has 1 aromatic carbocycles. The zero-order chi connectivity index (χ0) is 23.4. The predicted octanol–water partition coefficient (Wildman–Crippen LogP) is 2.40. The Balaban J connectivity index is 1.41. The molecule has 0 bridgehead atoms. The second-order valence-electron chi connectivity index (χ2n) is 7.69. The summed E-state index contributed by atoms with van der Waals surface area (Å²) in [6, 6.07) is 10.1. The Hall–Kier alpha value is -3.31. The first-order valence-electron chi connectivity index (χ1n) is 10.5. The van der Waals surface area contributed by atoms with Gasteiger partial charge in [-0.05, 0) is 43.2 Å². The van der Waals surface area contributed by atoms with Crippen LogP contribution in [0.3, 0.4) is 0 Å². The van der Waals surface area contributed by atoms with Gasteiger partial charge >= 0.3 is 0 Å². The number of methoxy groups -OCH3 is 2. The van der Waals surface area contributed by atoms with Crippen LogP contribution < -0.4 is 14.8 Å². The molecule has 1 amide bonds. The van der Waals surface area contributed by atoms with E-state index in [1.807, 2.05) is 6.07 Å². The van der Waals surface area contributed by atoms with Gasteiger partial charge in [-0.2, -0.15) is 9.40 Å². The van der Waals surface area contributed by atoms with Crippen molar-refractivity contribution >= 4 is 15.9 Å². The molecule has 33 heavy (non-hydrogen) atoms. The third-order valence-corrected chi connectivity index (χ3v) is 7.38. The van der Waals surface area contributed by atoms with Crippen molar-refractivity contribution in [3.05, 3.63) is 48.2 Å². The van der Waals surface area contributed by atoms with E-state index in [2.05, 4.69) is 15.5 Å². The summed E-state index contributed by atoms with van der Waals surface area (Å²) in [5.74, 6) is 0.980. The van der Waals surface area contributed by atoms with Crippen molar-refractivity contribution in [1.82, 2.24) is 19.8 Å². The Morgan fingerprint density at radius 2 is 2.09 bits per heavy atom. The topological polar surface area (TPSA) is 127 Å². The van der Waals surface area contributed by atoms with Crippen LogP contribution in [0.25, 0.3) is 11.5 Å². The van der Waals surface area contributed by atoms with Crippen molar-refractivity contribution < 1.29 is 27.1 Å². The molecule has 11 heteroatoms. The van der Waals surface area contributed by atoms with Crippen molar-refractivity contribution in [2.75, 3.05) is 27.3 Å². The number of furan rings is 1. The maximum absolute atomic E-state index is 13.1. The molecule has 1 saturated heterocycles. The molecule has 0 saturated carbocycles. The number of nitrogens with zero attached hydrogens (tertiary/aromatic N) is 2. The average Bonchev–Trinajstić information content (AvgIpc) is 3.55. The molecule has 10 nitrogen and oxygen atoms in total. The van der Waals surface area contributed by atoms with Gasteiger partial charge in [0.05, 0.1) is 20.1 Å². The second-order valence-corrected chi connectivity index (χ2v) is 9.56. The first-order chi connectivity index (χ1) is 15.9. The van der Waals surface area contributed by atoms with Crippen LogP contribution in [-0.2, 0) is 21.4 Å². The Labute approximate surface area is 191 Å². The third kappa shape index (κ3) is 4.88. The molecule has 3 aromatic rings. The Morgan fingerprint density at radius 1 is 1.24 bits per heavy atom. The summed E-state index contributed by atoms with van der Waals surface area (Å²) >= 11 is 0. The number of piperidine rings is 1. The molecule has 1 atom stereocenters. The van der Waals surface area contributed by atoms with Gasteiger partial charge in [0.25, 0.3) is 10.0 Å². The van der Waals surface area contributed by atoms with Gasteiger partial charge in [-0.25, -0.2) is 8.42 Å². The monoisotopic (exact) mass is 474 g/mol. The summed E-state index contributed by atoms with van der Waals surface area (Å²) in [7, 11) is -0.744. The van der Waals surface area contributed by atoms with Crippen LogP contribution in [-0.4, -0.2) is 56.1 Å². The highest BCUT2D eigenvalue weighted by atomic mass is 32.2. The Morgan fingerprint density at radius 3 is 2.82 bits per heavy atom. The molecule has 0 spiro atoms. The van der Waals surface area contributed by atoms with Crippen LogP contribution in [0, 0.1) is 5.92 Å². The quantitative estimate of drug-likeness (QED) is 0.513. The van der Waals surface area contributed by atoms with Gasteiger partial charge in [0.2, 0.25) is 11.0 Å². The number of nitrogens with one attached hydrogen (secondary N) is 2. The lowest BCUT2D eigenvalue weighted by atomic mass is 9.98. The fourth-order valence-corrected chi connectivity index (χ4v) is 5.26. The van der Waals surface area contributed by atoms with Gasteiger partial charge in [-0.1, -0.05) is 0 Å². The van der Waals surface area contributed by atoms with Gasteiger partial charge in [0.1, 0.15) is 17.2 Å². The smallest absolute Gasteiger partial charge is 0.276 e. The molecule has 3 heterocycles. The summed E-state index contributed by atoms with van der Waals surface area (Å²) in [5, 5.41) is 9.33. The lowest BCUT2D eigenvalue weighted by molar-refractivity contribution is -0.126. The van der Waals surface area contributed by atoms with E-state index in [-0.39, 0.29) is 24.1 Å². The SMILES string of the molecule is COc1ccc(CNC(=O)[C@@H]2CCCN(S(=O)(=O)c3ccc(-c4ccn[nH]4)o3)C2)c(OC)c1. The minimum absolute atomic E-state index is 0.0913. The lowest BCUT2D eigenvalue weighted by Gasteiger charge is -2.30. The van der Waals surface area contributed by atoms with E-state index in [1.165, 1.54) is 10.4 Å². The van der Waals surface area contributed by atoms with Crippen LogP contribution in [0.5, 0.6) is 11.5 Å². The summed E-state index contributed by atoms with van der Waals surface area (Å²) < 4.78 is 43.7. The van der Waals surface area contributed by atoms with E-state index >= 15 is 0 Å². The van der Waals surface area contributed by atoms with Crippen LogP contribution in [0.2, 0.25) is 0 Å². The predicted molar refractivity (Wildman–Crippen MR) is 119 cm³/mol. The highest BCUT2D eigenvalue weighted by Crippen LogP contribution is 2.29. The van der Waals surface area contributed by atoms with Crippen molar-refractivity contribution in [1.29, 1.82) is 0 Å². The number of aromatic amines is 1.